The van der Waals surface area contributed by atoms with Crippen molar-refractivity contribution in [2.24, 2.45) is 5.41 Å². The zero-order chi connectivity index (χ0) is 22.1. The lowest BCUT2D eigenvalue weighted by molar-refractivity contribution is 0.0161. The van der Waals surface area contributed by atoms with E-state index in [1.165, 1.54) is 7.05 Å². The van der Waals surface area contributed by atoms with Gasteiger partial charge in [-0.1, -0.05) is 18.5 Å². The van der Waals surface area contributed by atoms with Gasteiger partial charge in [0.1, 0.15) is 11.6 Å². The van der Waals surface area contributed by atoms with Crippen molar-refractivity contribution in [3.63, 3.8) is 0 Å². The smallest absolute Gasteiger partial charge is 0.318 e. The van der Waals surface area contributed by atoms with E-state index in [0.29, 0.717) is 19.5 Å². The van der Waals surface area contributed by atoms with Gasteiger partial charge in [-0.2, -0.15) is 0 Å². The molecule has 2 atom stereocenters. The predicted molar refractivity (Wildman–Crippen MR) is 108 cm³/mol. The maximum atomic E-state index is 14.0. The highest BCUT2D eigenvalue weighted by Crippen LogP contribution is 2.37. The van der Waals surface area contributed by atoms with Crippen LogP contribution in [0.5, 0.6) is 0 Å². The summed E-state index contributed by atoms with van der Waals surface area (Å²) in [6.07, 6.45) is 2.21. The molecule has 0 aromatic heterocycles. The Morgan fingerprint density at radius 1 is 1.30 bits per heavy atom. The number of aliphatic hydroxyl groups excluding tert-OH is 1. The molecule has 0 radical (unpaired) electrons. The quantitative estimate of drug-likeness (QED) is 0.610. The number of hydrogen-bond acceptors (Lipinski definition) is 3. The third kappa shape index (κ3) is 4.95. The largest absolute Gasteiger partial charge is 0.396 e. The fraction of sp³-hybridized carbons (Fsp3) is 0.600. The van der Waals surface area contributed by atoms with Gasteiger partial charge in [-0.3, -0.25) is 0 Å². The van der Waals surface area contributed by atoms with Crippen LogP contribution in [0.4, 0.5) is 18.4 Å². The molecule has 0 spiro atoms. The summed E-state index contributed by atoms with van der Waals surface area (Å²) in [6, 6.07) is 0.898. The van der Waals surface area contributed by atoms with Crippen LogP contribution in [0, 0.1) is 17.0 Å². The lowest BCUT2D eigenvalue weighted by Gasteiger charge is -2.47. The van der Waals surface area contributed by atoms with Crippen LogP contribution in [0.2, 0.25) is 5.02 Å². The number of piperidine rings is 1. The number of amides is 4. The average Bonchev–Trinajstić information content (AvgIpc) is 3.54. The van der Waals surface area contributed by atoms with Crippen molar-refractivity contribution < 1.29 is 23.5 Å². The minimum atomic E-state index is -0.756. The first-order valence-corrected chi connectivity index (χ1v) is 10.3. The first-order chi connectivity index (χ1) is 14.2. The first-order valence-electron chi connectivity index (χ1n) is 9.94. The van der Waals surface area contributed by atoms with E-state index in [4.69, 9.17) is 11.6 Å². The van der Waals surface area contributed by atoms with Gasteiger partial charge in [0.25, 0.3) is 0 Å². The molecule has 2 aliphatic rings. The summed E-state index contributed by atoms with van der Waals surface area (Å²) >= 11 is 5.57. The molecule has 1 aromatic carbocycles. The van der Waals surface area contributed by atoms with E-state index in [1.54, 1.807) is 9.80 Å². The zero-order valence-corrected chi connectivity index (χ0v) is 17.8. The fourth-order valence-electron chi connectivity index (χ4n) is 4.04. The second kappa shape index (κ2) is 8.93. The molecule has 1 saturated heterocycles. The number of carbonyl (C=O) groups excluding carboxylic acids is 2. The highest BCUT2D eigenvalue weighted by molar-refractivity contribution is 6.30. The summed E-state index contributed by atoms with van der Waals surface area (Å²) in [6.45, 7) is 2.29. The highest BCUT2D eigenvalue weighted by atomic mass is 35.5. The SMILES string of the molecule is CNC(=O)N1C[C@H](N(C(=O)NCc2cc(F)c(Cl)cc2F)C2CC2)C[C@](C)(CO)C1. The molecule has 0 bridgehead atoms. The Bertz CT molecular complexity index is 823. The number of rotatable bonds is 5. The predicted octanol–water partition coefficient (Wildman–Crippen LogP) is 2.70. The molecule has 1 aliphatic heterocycles. The second-order valence-corrected chi connectivity index (χ2v) is 8.82. The zero-order valence-electron chi connectivity index (χ0n) is 17.1. The molecule has 3 N–H and O–H groups in total. The Labute approximate surface area is 179 Å². The molecule has 1 aliphatic carbocycles. The molecule has 4 amide bonds. The number of nitrogens with one attached hydrogen (secondary N) is 2. The van der Waals surface area contributed by atoms with Gasteiger partial charge >= 0.3 is 12.1 Å². The third-order valence-electron chi connectivity index (χ3n) is 5.70. The molecule has 7 nitrogen and oxygen atoms in total. The van der Waals surface area contributed by atoms with Crippen LogP contribution < -0.4 is 10.6 Å². The Balaban J connectivity index is 1.75. The molecule has 1 heterocycles. The molecular weight excluding hydrogens is 418 g/mol. The number of urea groups is 2. The second-order valence-electron chi connectivity index (χ2n) is 8.42. The normalized spacial score (nSPS) is 23.8. The van der Waals surface area contributed by atoms with Gasteiger partial charge in [0, 0.05) is 43.7 Å². The van der Waals surface area contributed by atoms with Crippen LogP contribution in [0.25, 0.3) is 0 Å². The minimum Gasteiger partial charge on any atom is -0.396 e. The molecule has 3 rings (SSSR count). The van der Waals surface area contributed by atoms with Crippen molar-refractivity contribution in [1.82, 2.24) is 20.4 Å². The molecule has 2 fully saturated rings. The maximum Gasteiger partial charge on any atom is 0.318 e. The highest BCUT2D eigenvalue weighted by Gasteiger charge is 2.45. The average molecular weight is 445 g/mol. The van der Waals surface area contributed by atoms with Gasteiger partial charge in [0.2, 0.25) is 0 Å². The van der Waals surface area contributed by atoms with E-state index in [9.17, 15) is 23.5 Å². The van der Waals surface area contributed by atoms with E-state index >= 15 is 0 Å². The Morgan fingerprint density at radius 3 is 2.60 bits per heavy atom. The number of benzene rings is 1. The van der Waals surface area contributed by atoms with Gasteiger partial charge in [0.05, 0.1) is 17.7 Å². The molecule has 1 aromatic rings. The van der Waals surface area contributed by atoms with Crippen LogP contribution in [0.15, 0.2) is 12.1 Å². The number of carbonyl (C=O) groups is 2. The van der Waals surface area contributed by atoms with Gasteiger partial charge in [-0.05, 0) is 31.4 Å². The summed E-state index contributed by atoms with van der Waals surface area (Å²) in [4.78, 5) is 28.5. The Kier molecular flexibility index (Phi) is 6.71. The van der Waals surface area contributed by atoms with Crippen molar-refractivity contribution in [2.75, 3.05) is 26.7 Å². The lowest BCUT2D eigenvalue weighted by Crippen LogP contribution is -2.60. The van der Waals surface area contributed by atoms with Gasteiger partial charge in [0.15, 0.2) is 0 Å². The van der Waals surface area contributed by atoms with Crippen LogP contribution in [-0.4, -0.2) is 65.8 Å². The summed E-state index contributed by atoms with van der Waals surface area (Å²) in [5.74, 6) is -1.45. The van der Waals surface area contributed by atoms with Crippen LogP contribution in [-0.2, 0) is 6.54 Å². The Hall–Kier alpha value is -2.13. The van der Waals surface area contributed by atoms with E-state index in [1.807, 2.05) is 6.92 Å². The van der Waals surface area contributed by atoms with Crippen molar-refractivity contribution in [3.8, 4) is 0 Å². The van der Waals surface area contributed by atoms with Crippen LogP contribution >= 0.6 is 11.6 Å². The topological polar surface area (TPSA) is 84.9 Å². The third-order valence-corrected chi connectivity index (χ3v) is 5.99. The molecule has 30 heavy (non-hydrogen) atoms. The van der Waals surface area contributed by atoms with Crippen molar-refractivity contribution in [3.05, 3.63) is 34.4 Å². The summed E-state index contributed by atoms with van der Waals surface area (Å²) in [7, 11) is 1.54. The van der Waals surface area contributed by atoms with Crippen LogP contribution in [0.3, 0.4) is 0 Å². The van der Waals surface area contributed by atoms with Gasteiger partial charge in [-0.15, -0.1) is 0 Å². The van der Waals surface area contributed by atoms with Crippen molar-refractivity contribution in [1.29, 1.82) is 0 Å². The van der Waals surface area contributed by atoms with E-state index in [2.05, 4.69) is 10.6 Å². The standard InChI is InChI=1S/C20H27ClF2N4O3/c1-20(11-28)7-14(9-26(10-20)18(29)24-2)27(13-3-4-13)19(30)25-8-12-5-17(23)15(21)6-16(12)22/h5-6,13-14,28H,3-4,7-11H2,1-2H3,(H,24,29)(H,25,30)/t14-,20+/m1/s1. The molecule has 1 saturated carbocycles. The Morgan fingerprint density at radius 2 is 2.00 bits per heavy atom. The van der Waals surface area contributed by atoms with Gasteiger partial charge in [-0.25, -0.2) is 18.4 Å². The lowest BCUT2D eigenvalue weighted by atomic mass is 9.80. The summed E-state index contributed by atoms with van der Waals surface area (Å²) in [5, 5.41) is 14.8. The van der Waals surface area contributed by atoms with Gasteiger partial charge < -0.3 is 25.5 Å². The number of halogens is 3. The van der Waals surface area contributed by atoms with E-state index in [0.717, 1.165) is 25.0 Å². The van der Waals surface area contributed by atoms with E-state index in [-0.39, 0.29) is 41.9 Å². The number of aliphatic hydroxyl groups is 1. The van der Waals surface area contributed by atoms with Crippen LogP contribution in [0.1, 0.15) is 31.7 Å². The van der Waals surface area contributed by atoms with Crippen molar-refractivity contribution >= 4 is 23.7 Å². The van der Waals surface area contributed by atoms with Crippen molar-refractivity contribution in [2.45, 2.75) is 44.8 Å². The van der Waals surface area contributed by atoms with E-state index < -0.39 is 23.1 Å². The fourth-order valence-corrected chi connectivity index (χ4v) is 4.19. The molecule has 0 unspecified atom stereocenters. The minimum absolute atomic E-state index is 0.00294. The number of likely N-dealkylation sites (tertiary alicyclic amines) is 1. The molecule has 166 valence electrons. The first kappa shape index (κ1) is 22.6. The summed E-state index contributed by atoms with van der Waals surface area (Å²) in [5.41, 5.74) is -0.550. The molecular formula is C20H27ClF2N4O3. The molecule has 10 heteroatoms. The monoisotopic (exact) mass is 444 g/mol. The summed E-state index contributed by atoms with van der Waals surface area (Å²) < 4.78 is 27.7. The number of hydrogen-bond donors (Lipinski definition) is 3. The number of nitrogens with zero attached hydrogens (tertiary/aromatic N) is 2. The maximum absolute atomic E-state index is 14.0.